The van der Waals surface area contributed by atoms with Gasteiger partial charge in [0.25, 0.3) is 0 Å². The van der Waals surface area contributed by atoms with Crippen LogP contribution in [0.1, 0.15) is 0 Å². The summed E-state index contributed by atoms with van der Waals surface area (Å²) in [4.78, 5) is 0. The Morgan fingerprint density at radius 1 is 1.20 bits per heavy atom. The molecule has 0 saturated carbocycles. The van der Waals surface area contributed by atoms with E-state index >= 15 is 0 Å². The molecule has 2 rings (SSSR count). The molecule has 0 unspecified atom stereocenters. The normalized spacial score (nSPS) is 23.2. The second-order valence-electron chi connectivity index (χ2n) is 2.90. The van der Waals surface area contributed by atoms with Gasteiger partial charge in [-0.1, -0.05) is 0 Å². The monoisotopic (exact) mass is 531 g/mol. The molecule has 8 heteroatoms. The summed E-state index contributed by atoms with van der Waals surface area (Å²) in [5.41, 5.74) is 0. The van der Waals surface area contributed by atoms with Crippen LogP contribution in [0.2, 0.25) is 0 Å². The summed E-state index contributed by atoms with van der Waals surface area (Å²) in [6.45, 7) is 0. The first-order valence-electron chi connectivity index (χ1n) is 4.70. The molecule has 0 aliphatic carbocycles. The van der Waals surface area contributed by atoms with E-state index in [0.29, 0.717) is 0 Å². The Labute approximate surface area is 128 Å². The predicted molar refractivity (Wildman–Crippen MR) is 90.0 cm³/mol. The minimum atomic E-state index is -0.810. The zero-order chi connectivity index (χ0) is 10.3. The molecule has 2 aliphatic heterocycles. The molecule has 15 heavy (non-hydrogen) atoms. The van der Waals surface area contributed by atoms with Crippen molar-refractivity contribution in [2.75, 3.05) is 34.5 Å². The Bertz CT molecular complexity index is 173. The Morgan fingerprint density at radius 2 is 2.00 bits per heavy atom. The average molecular weight is 533 g/mol. The van der Waals surface area contributed by atoms with Gasteiger partial charge in [-0.3, -0.25) is 0 Å². The van der Waals surface area contributed by atoms with Crippen molar-refractivity contribution in [2.24, 2.45) is 0 Å². The quantitative estimate of drug-likeness (QED) is 0.362. The van der Waals surface area contributed by atoms with Crippen LogP contribution in [-0.4, -0.2) is 74.6 Å². The van der Waals surface area contributed by atoms with Gasteiger partial charge in [0.05, 0.1) is 0 Å². The third kappa shape index (κ3) is 6.63. The van der Waals surface area contributed by atoms with Gasteiger partial charge in [-0.2, -0.15) is 0 Å². The fraction of sp³-hybridized carbons (Fsp3) is 1.00. The summed E-state index contributed by atoms with van der Waals surface area (Å²) >= 11 is 1.39. The number of thioether (sulfide) groups is 1. The second kappa shape index (κ2) is 9.61. The zero-order valence-electron chi connectivity index (χ0n) is 8.16. The van der Waals surface area contributed by atoms with Crippen molar-refractivity contribution >= 4 is 90.8 Å². The van der Waals surface area contributed by atoms with Gasteiger partial charge in [-0.25, -0.2) is 0 Å². The van der Waals surface area contributed by atoms with Gasteiger partial charge in [-0.15, -0.1) is 0 Å². The zero-order valence-corrected chi connectivity index (χ0v) is 18.2. The number of hydrogen-bond acceptors (Lipinski definition) is 6. The Hall–Kier alpha value is 3.74. The van der Waals surface area contributed by atoms with Gasteiger partial charge in [0.15, 0.2) is 0 Å². The van der Waals surface area contributed by atoms with Crippen molar-refractivity contribution in [2.45, 2.75) is 5.25 Å². The predicted octanol–water partition coefficient (Wildman–Crippen LogP) is 3.30. The average Bonchev–Trinajstić information content (AvgIpc) is 2.66. The van der Waals surface area contributed by atoms with Crippen molar-refractivity contribution in [3.63, 3.8) is 0 Å². The second-order valence-corrected chi connectivity index (χ2v) is 35.9. The summed E-state index contributed by atoms with van der Waals surface area (Å²) in [5.74, 6) is 8.72. The van der Waals surface area contributed by atoms with Gasteiger partial charge in [0.2, 0.25) is 0 Å². The fourth-order valence-corrected chi connectivity index (χ4v) is 41.9. The molecule has 2 fully saturated rings. The van der Waals surface area contributed by atoms with Gasteiger partial charge >= 0.3 is 131 Å². The van der Waals surface area contributed by atoms with Crippen LogP contribution in [0.3, 0.4) is 0 Å². The molecule has 0 aromatic heterocycles. The summed E-state index contributed by atoms with van der Waals surface area (Å²) in [5, 5.41) is 1.06. The van der Waals surface area contributed by atoms with Crippen molar-refractivity contribution in [1.29, 1.82) is 0 Å². The van der Waals surface area contributed by atoms with E-state index in [4.69, 9.17) is 0 Å². The topological polar surface area (TPSA) is 0 Å². The molecule has 0 nitrogen and oxygen atoms in total. The number of hydrogen-bond donors (Lipinski definition) is 0. The molecular formula is C7H13S6Sb2. The molecule has 0 atom stereocenters. The van der Waals surface area contributed by atoms with E-state index in [1.54, 1.807) is 0 Å². The Kier molecular flexibility index (Phi) is 9.69. The van der Waals surface area contributed by atoms with Gasteiger partial charge < -0.3 is 0 Å². The molecule has 0 amide bonds. The van der Waals surface area contributed by atoms with Crippen LogP contribution in [0.25, 0.3) is 0 Å². The van der Waals surface area contributed by atoms with E-state index in [-0.39, 0.29) is 18.8 Å². The van der Waals surface area contributed by atoms with Crippen LogP contribution in [0, 0.1) is 0 Å². The molecule has 2 heterocycles. The van der Waals surface area contributed by atoms with Crippen LogP contribution in [0.4, 0.5) is 0 Å². The fourth-order valence-electron chi connectivity index (χ4n) is 0.888. The third-order valence-corrected chi connectivity index (χ3v) is 39.4. The van der Waals surface area contributed by atoms with Gasteiger partial charge in [-0.05, 0) is 0 Å². The maximum absolute atomic E-state index is 2.36. The molecular weight excluding hydrogens is 520 g/mol. The summed E-state index contributed by atoms with van der Waals surface area (Å²) in [6, 6.07) is 0. The maximum atomic E-state index is 2.36. The molecule has 2 saturated heterocycles. The van der Waals surface area contributed by atoms with Crippen LogP contribution in [0.15, 0.2) is 0 Å². The number of rotatable bonds is 7. The molecule has 0 bridgehead atoms. The summed E-state index contributed by atoms with van der Waals surface area (Å²) in [7, 11) is 11.7. The van der Waals surface area contributed by atoms with E-state index in [9.17, 15) is 0 Å². The van der Waals surface area contributed by atoms with Gasteiger partial charge in [0, 0.05) is 0 Å². The van der Waals surface area contributed by atoms with Crippen LogP contribution < -0.4 is 0 Å². The van der Waals surface area contributed by atoms with E-state index in [1.807, 2.05) is 0 Å². The van der Waals surface area contributed by atoms with Crippen molar-refractivity contribution in [3.05, 3.63) is 0 Å². The van der Waals surface area contributed by atoms with E-state index in [2.05, 4.69) is 56.0 Å². The standard InChI is InChI=1S/C3H6S2.2C2H6S2.2Sb/c4-3-1-5-2-3;2*3-1-2-4;;/h3-4H,1-2H2;2*3-4H,1-2H2;;/q;;;+2;+3/p-5. The molecule has 2 aliphatic rings. The van der Waals surface area contributed by atoms with E-state index < -0.39 is 16.0 Å². The van der Waals surface area contributed by atoms with Crippen LogP contribution in [-0.2, 0) is 0 Å². The SMILES string of the molecule is C(C[S][Sb]1[S]CC[S]1)[S][Sb][S]C1CSC1. The van der Waals surface area contributed by atoms with E-state index in [1.165, 1.54) is 34.5 Å². The summed E-state index contributed by atoms with van der Waals surface area (Å²) < 4.78 is 0. The third-order valence-electron chi connectivity index (χ3n) is 1.70. The van der Waals surface area contributed by atoms with Crippen LogP contribution >= 0.6 is 56.0 Å². The molecule has 87 valence electrons. The van der Waals surface area contributed by atoms with Crippen molar-refractivity contribution in [1.82, 2.24) is 0 Å². The van der Waals surface area contributed by atoms with Gasteiger partial charge in [0.1, 0.15) is 0 Å². The first kappa shape index (κ1) is 15.1. The molecule has 1 radical (unpaired) electrons. The van der Waals surface area contributed by atoms with Crippen molar-refractivity contribution < 1.29 is 0 Å². The van der Waals surface area contributed by atoms with Crippen molar-refractivity contribution in [3.8, 4) is 0 Å². The first-order chi connectivity index (χ1) is 7.45. The first-order valence-corrected chi connectivity index (χ1v) is 26.1. The molecule has 0 aromatic carbocycles. The molecule has 0 spiro atoms. The minimum absolute atomic E-state index is 0.0828. The van der Waals surface area contributed by atoms with Crippen LogP contribution in [0.5, 0.6) is 0 Å². The molecule has 0 N–H and O–H groups in total. The molecule has 0 aromatic rings. The Balaban J connectivity index is 1.35. The Morgan fingerprint density at radius 3 is 2.67 bits per heavy atom. The van der Waals surface area contributed by atoms with E-state index in [0.717, 1.165) is 5.25 Å². The summed E-state index contributed by atoms with van der Waals surface area (Å²) in [6.07, 6.45) is 0.